The van der Waals surface area contributed by atoms with E-state index in [-0.39, 0.29) is 10.6 Å². The van der Waals surface area contributed by atoms with Crippen LogP contribution in [0.25, 0.3) is 0 Å². The van der Waals surface area contributed by atoms with Gasteiger partial charge in [-0.25, -0.2) is 4.68 Å². The van der Waals surface area contributed by atoms with Crippen molar-refractivity contribution in [1.29, 1.82) is 0 Å². The fourth-order valence-corrected chi connectivity index (χ4v) is 2.20. The SMILES string of the molecule is CCn1nc(C)c([N+](=O)[O-])c1NCCCC1CC1. The first-order valence-corrected chi connectivity index (χ1v) is 6.59. The number of hydrogen-bond acceptors (Lipinski definition) is 4. The van der Waals surface area contributed by atoms with E-state index in [1.165, 1.54) is 19.3 Å². The highest BCUT2D eigenvalue weighted by Gasteiger charge is 2.25. The summed E-state index contributed by atoms with van der Waals surface area (Å²) in [4.78, 5) is 10.7. The maximum absolute atomic E-state index is 11.0. The molecule has 0 atom stereocenters. The minimum Gasteiger partial charge on any atom is -0.365 e. The molecule has 1 aliphatic rings. The molecule has 6 heteroatoms. The van der Waals surface area contributed by atoms with Crippen LogP contribution in [0.4, 0.5) is 11.5 Å². The Morgan fingerprint density at radius 2 is 2.28 bits per heavy atom. The Balaban J connectivity index is 2.01. The first-order chi connectivity index (χ1) is 8.63. The molecular weight excluding hydrogens is 232 g/mol. The average molecular weight is 252 g/mol. The second kappa shape index (κ2) is 5.37. The molecule has 0 aliphatic heterocycles. The van der Waals surface area contributed by atoms with Gasteiger partial charge in [0, 0.05) is 13.1 Å². The van der Waals surface area contributed by atoms with Crippen LogP contribution in [0.3, 0.4) is 0 Å². The number of nitrogens with one attached hydrogen (secondary N) is 1. The Hall–Kier alpha value is -1.59. The van der Waals surface area contributed by atoms with E-state index in [0.29, 0.717) is 18.1 Å². The summed E-state index contributed by atoms with van der Waals surface area (Å²) >= 11 is 0. The Bertz CT molecular complexity index is 438. The van der Waals surface area contributed by atoms with Crippen LogP contribution in [-0.2, 0) is 6.54 Å². The number of aryl methyl sites for hydroxylation is 2. The highest BCUT2D eigenvalue weighted by Crippen LogP contribution is 2.33. The van der Waals surface area contributed by atoms with E-state index >= 15 is 0 Å². The average Bonchev–Trinajstić information content (AvgIpc) is 3.08. The lowest BCUT2D eigenvalue weighted by atomic mass is 10.2. The van der Waals surface area contributed by atoms with Gasteiger partial charge >= 0.3 is 5.69 Å². The third-order valence-corrected chi connectivity index (χ3v) is 3.36. The van der Waals surface area contributed by atoms with Gasteiger partial charge in [0.1, 0.15) is 5.69 Å². The number of nitrogens with zero attached hydrogens (tertiary/aromatic N) is 3. The van der Waals surface area contributed by atoms with Gasteiger partial charge in [-0.05, 0) is 32.6 Å². The van der Waals surface area contributed by atoms with Gasteiger partial charge in [0.15, 0.2) is 0 Å². The number of hydrogen-bond donors (Lipinski definition) is 1. The predicted molar refractivity (Wildman–Crippen MR) is 69.7 cm³/mol. The van der Waals surface area contributed by atoms with Crippen LogP contribution in [0.5, 0.6) is 0 Å². The summed E-state index contributed by atoms with van der Waals surface area (Å²) < 4.78 is 1.67. The number of rotatable bonds is 7. The van der Waals surface area contributed by atoms with Crippen molar-refractivity contribution < 1.29 is 4.92 Å². The molecule has 0 bridgehead atoms. The van der Waals surface area contributed by atoms with Crippen LogP contribution in [0.1, 0.15) is 38.3 Å². The third kappa shape index (κ3) is 2.80. The molecule has 1 aromatic rings. The van der Waals surface area contributed by atoms with Crippen molar-refractivity contribution in [2.24, 2.45) is 5.92 Å². The van der Waals surface area contributed by atoms with Gasteiger partial charge in [-0.1, -0.05) is 12.8 Å². The Morgan fingerprint density at radius 3 is 2.83 bits per heavy atom. The first kappa shape index (κ1) is 12.9. The van der Waals surface area contributed by atoms with E-state index < -0.39 is 0 Å². The number of aromatic nitrogens is 2. The molecular formula is C12H20N4O2. The smallest absolute Gasteiger partial charge is 0.333 e. The van der Waals surface area contributed by atoms with Crippen LogP contribution in [0.15, 0.2) is 0 Å². The number of nitro groups is 1. The third-order valence-electron chi connectivity index (χ3n) is 3.36. The Kier molecular flexibility index (Phi) is 3.84. The first-order valence-electron chi connectivity index (χ1n) is 6.59. The summed E-state index contributed by atoms with van der Waals surface area (Å²) in [7, 11) is 0. The van der Waals surface area contributed by atoms with Crippen molar-refractivity contribution in [3.8, 4) is 0 Å². The molecule has 1 fully saturated rings. The molecule has 0 unspecified atom stereocenters. The van der Waals surface area contributed by atoms with Crippen molar-refractivity contribution in [1.82, 2.24) is 9.78 Å². The zero-order chi connectivity index (χ0) is 13.1. The molecule has 0 aromatic carbocycles. The molecule has 100 valence electrons. The lowest BCUT2D eigenvalue weighted by Crippen LogP contribution is -2.09. The molecule has 0 amide bonds. The topological polar surface area (TPSA) is 73.0 Å². The van der Waals surface area contributed by atoms with Crippen molar-refractivity contribution >= 4 is 11.5 Å². The van der Waals surface area contributed by atoms with E-state index in [1.807, 2.05) is 6.92 Å². The largest absolute Gasteiger partial charge is 0.365 e. The second-order valence-corrected chi connectivity index (χ2v) is 4.87. The standard InChI is InChI=1S/C12H20N4O2/c1-3-15-12(11(16(17)18)9(2)14-15)13-8-4-5-10-6-7-10/h10,13H,3-8H2,1-2H3. The van der Waals surface area contributed by atoms with Crippen molar-refractivity contribution in [2.45, 2.75) is 46.1 Å². The van der Waals surface area contributed by atoms with Crippen LogP contribution in [0, 0.1) is 23.0 Å². The summed E-state index contributed by atoms with van der Waals surface area (Å²) in [6.07, 6.45) is 4.99. The van der Waals surface area contributed by atoms with Gasteiger partial charge in [-0.2, -0.15) is 5.10 Å². The van der Waals surface area contributed by atoms with Crippen LogP contribution in [0.2, 0.25) is 0 Å². The maximum Gasteiger partial charge on any atom is 0.333 e. The van der Waals surface area contributed by atoms with E-state index in [1.54, 1.807) is 11.6 Å². The summed E-state index contributed by atoms with van der Waals surface area (Å²) in [5, 5.41) is 18.4. The van der Waals surface area contributed by atoms with Crippen LogP contribution in [-0.4, -0.2) is 21.2 Å². The highest BCUT2D eigenvalue weighted by atomic mass is 16.6. The monoisotopic (exact) mass is 252 g/mol. The van der Waals surface area contributed by atoms with Gasteiger partial charge in [0.2, 0.25) is 5.82 Å². The van der Waals surface area contributed by atoms with E-state index in [0.717, 1.165) is 18.9 Å². The molecule has 18 heavy (non-hydrogen) atoms. The fourth-order valence-electron chi connectivity index (χ4n) is 2.20. The maximum atomic E-state index is 11.0. The minimum absolute atomic E-state index is 0.114. The van der Waals surface area contributed by atoms with E-state index in [2.05, 4.69) is 10.4 Å². The normalized spacial score (nSPS) is 14.8. The minimum atomic E-state index is -0.349. The van der Waals surface area contributed by atoms with Crippen molar-refractivity contribution in [3.63, 3.8) is 0 Å². The Morgan fingerprint density at radius 1 is 1.56 bits per heavy atom. The molecule has 1 N–H and O–H groups in total. The van der Waals surface area contributed by atoms with Gasteiger partial charge < -0.3 is 5.32 Å². The van der Waals surface area contributed by atoms with Gasteiger partial charge in [-0.15, -0.1) is 0 Å². The lowest BCUT2D eigenvalue weighted by Gasteiger charge is -2.07. The summed E-state index contributed by atoms with van der Waals surface area (Å²) in [6, 6.07) is 0. The molecule has 2 rings (SSSR count). The van der Waals surface area contributed by atoms with E-state index in [4.69, 9.17) is 0 Å². The molecule has 1 aliphatic carbocycles. The molecule has 1 heterocycles. The predicted octanol–water partition coefficient (Wildman–Crippen LogP) is 2.72. The molecule has 0 saturated heterocycles. The molecule has 1 aromatic heterocycles. The second-order valence-electron chi connectivity index (χ2n) is 4.87. The quantitative estimate of drug-likeness (QED) is 0.460. The van der Waals surface area contributed by atoms with Gasteiger partial charge in [-0.3, -0.25) is 10.1 Å². The van der Waals surface area contributed by atoms with Crippen LogP contribution < -0.4 is 5.32 Å². The highest BCUT2D eigenvalue weighted by molar-refractivity contribution is 5.59. The molecule has 1 saturated carbocycles. The van der Waals surface area contributed by atoms with Gasteiger partial charge in [0.05, 0.1) is 4.92 Å². The Labute approximate surface area is 107 Å². The molecule has 0 spiro atoms. The van der Waals surface area contributed by atoms with Crippen molar-refractivity contribution in [3.05, 3.63) is 15.8 Å². The lowest BCUT2D eigenvalue weighted by molar-refractivity contribution is -0.384. The fraction of sp³-hybridized carbons (Fsp3) is 0.750. The summed E-state index contributed by atoms with van der Waals surface area (Å²) in [5.41, 5.74) is 0.592. The zero-order valence-corrected chi connectivity index (χ0v) is 11.0. The van der Waals surface area contributed by atoms with Gasteiger partial charge in [0.25, 0.3) is 0 Å². The molecule has 0 radical (unpaired) electrons. The zero-order valence-electron chi connectivity index (χ0n) is 11.0. The van der Waals surface area contributed by atoms with E-state index in [9.17, 15) is 10.1 Å². The summed E-state index contributed by atoms with van der Waals surface area (Å²) in [5.74, 6) is 1.45. The summed E-state index contributed by atoms with van der Waals surface area (Å²) in [6.45, 7) is 5.04. The van der Waals surface area contributed by atoms with Crippen molar-refractivity contribution in [2.75, 3.05) is 11.9 Å². The molecule has 6 nitrogen and oxygen atoms in total. The number of anilines is 1. The van der Waals surface area contributed by atoms with Crippen LogP contribution >= 0.6 is 0 Å².